The maximum Gasteiger partial charge on any atom is 0.450 e. The van der Waals surface area contributed by atoms with Crippen LogP contribution in [0.25, 0.3) is 0 Å². The molecule has 3 nitrogen and oxygen atoms in total. The van der Waals surface area contributed by atoms with Crippen LogP contribution in [0.2, 0.25) is 0 Å². The molecule has 0 aliphatic carbocycles. The van der Waals surface area contributed by atoms with E-state index in [-0.39, 0.29) is 18.4 Å². The first-order valence-corrected chi connectivity index (χ1v) is 7.34. The first kappa shape index (κ1) is 19.2. The fourth-order valence-corrected chi connectivity index (χ4v) is 2.10. The summed E-state index contributed by atoms with van der Waals surface area (Å²) in [6.07, 6.45) is -5.40. The molecule has 1 aromatic carbocycles. The summed E-state index contributed by atoms with van der Waals surface area (Å²) in [4.78, 5) is 23.2. The predicted molar refractivity (Wildman–Crippen MR) is 80.0 cm³/mol. The molecule has 0 N–H and O–H groups in total. The average molecular weight is 330 g/mol. The van der Waals surface area contributed by atoms with Crippen LogP contribution >= 0.6 is 0 Å². The Morgan fingerprint density at radius 3 is 2.00 bits per heavy atom. The molecule has 0 saturated carbocycles. The zero-order chi connectivity index (χ0) is 17.8. The van der Waals surface area contributed by atoms with E-state index in [1.807, 2.05) is 20.8 Å². The molecule has 0 saturated heterocycles. The number of ketones is 1. The molecule has 128 valence electrons. The Morgan fingerprint density at radius 2 is 1.61 bits per heavy atom. The van der Waals surface area contributed by atoms with Gasteiger partial charge in [0.25, 0.3) is 5.78 Å². The van der Waals surface area contributed by atoms with Crippen LogP contribution in [-0.2, 0) is 26.2 Å². The van der Waals surface area contributed by atoms with Gasteiger partial charge >= 0.3 is 12.1 Å². The monoisotopic (exact) mass is 330 g/mol. The van der Waals surface area contributed by atoms with Crippen molar-refractivity contribution in [1.82, 2.24) is 0 Å². The van der Waals surface area contributed by atoms with Crippen LogP contribution in [0.5, 0.6) is 0 Å². The number of hydrogen-bond acceptors (Lipinski definition) is 3. The van der Waals surface area contributed by atoms with E-state index in [2.05, 4.69) is 4.74 Å². The molecule has 0 aliphatic heterocycles. The molecular formula is C17H21F3O3. The maximum atomic E-state index is 12.7. The lowest BCUT2D eigenvalue weighted by Gasteiger charge is -2.20. The minimum Gasteiger partial charge on any atom is -0.465 e. The van der Waals surface area contributed by atoms with Crippen molar-refractivity contribution in [3.63, 3.8) is 0 Å². The Hall–Kier alpha value is -1.85. The van der Waals surface area contributed by atoms with Crippen LogP contribution in [0.3, 0.4) is 0 Å². The highest BCUT2D eigenvalue weighted by molar-refractivity contribution is 6.02. The number of carbonyl (C=O) groups is 2. The van der Waals surface area contributed by atoms with E-state index in [0.717, 1.165) is 5.56 Å². The summed E-state index contributed by atoms with van der Waals surface area (Å²) in [6.45, 7) is 7.43. The maximum absolute atomic E-state index is 12.7. The number of halogens is 3. The van der Waals surface area contributed by atoms with Crippen LogP contribution in [0, 0.1) is 5.92 Å². The summed E-state index contributed by atoms with van der Waals surface area (Å²) in [7, 11) is 0. The van der Waals surface area contributed by atoms with Crippen molar-refractivity contribution in [2.24, 2.45) is 5.92 Å². The predicted octanol–water partition coefficient (Wildman–Crippen LogP) is 3.84. The first-order valence-electron chi connectivity index (χ1n) is 7.34. The number of hydrogen-bond donors (Lipinski definition) is 0. The van der Waals surface area contributed by atoms with Gasteiger partial charge in [-0.05, 0) is 29.9 Å². The van der Waals surface area contributed by atoms with Gasteiger partial charge in [-0.1, -0.05) is 45.0 Å². The van der Waals surface area contributed by atoms with Crippen molar-refractivity contribution in [1.29, 1.82) is 0 Å². The van der Waals surface area contributed by atoms with E-state index in [9.17, 15) is 22.8 Å². The summed E-state index contributed by atoms with van der Waals surface area (Å²) in [5, 5.41) is 0. The van der Waals surface area contributed by atoms with Crippen LogP contribution in [0.15, 0.2) is 24.3 Å². The molecule has 0 aliphatic rings. The summed E-state index contributed by atoms with van der Waals surface area (Å²) in [5.74, 6) is -5.08. The van der Waals surface area contributed by atoms with Crippen LogP contribution in [-0.4, -0.2) is 24.5 Å². The number of esters is 1. The number of Topliss-reactive ketones (excluding diaryl/α,β-unsaturated/α-hetero) is 1. The van der Waals surface area contributed by atoms with E-state index in [4.69, 9.17) is 0 Å². The lowest BCUT2D eigenvalue weighted by molar-refractivity contribution is -0.180. The molecule has 1 aromatic rings. The van der Waals surface area contributed by atoms with Gasteiger partial charge < -0.3 is 4.74 Å². The normalized spacial score (nSPS) is 13.5. The Kier molecular flexibility index (Phi) is 5.97. The van der Waals surface area contributed by atoms with Crippen molar-refractivity contribution in [2.75, 3.05) is 6.61 Å². The lowest BCUT2D eigenvalue weighted by Crippen LogP contribution is -2.37. The van der Waals surface area contributed by atoms with Crippen LogP contribution < -0.4 is 0 Å². The molecule has 23 heavy (non-hydrogen) atoms. The van der Waals surface area contributed by atoms with E-state index < -0.39 is 23.8 Å². The van der Waals surface area contributed by atoms with Crippen molar-refractivity contribution in [3.8, 4) is 0 Å². The Labute approximate surface area is 133 Å². The molecule has 0 spiro atoms. The fraction of sp³-hybridized carbons (Fsp3) is 0.529. The second-order valence-electron chi connectivity index (χ2n) is 6.32. The fourth-order valence-electron chi connectivity index (χ4n) is 2.10. The van der Waals surface area contributed by atoms with Crippen molar-refractivity contribution in [2.45, 2.75) is 45.7 Å². The van der Waals surface area contributed by atoms with Crippen molar-refractivity contribution >= 4 is 11.8 Å². The van der Waals surface area contributed by atoms with E-state index in [1.165, 1.54) is 6.92 Å². The van der Waals surface area contributed by atoms with Gasteiger partial charge in [-0.15, -0.1) is 0 Å². The Morgan fingerprint density at radius 1 is 1.09 bits per heavy atom. The third-order valence-corrected chi connectivity index (χ3v) is 3.43. The smallest absolute Gasteiger partial charge is 0.450 e. The molecule has 1 rings (SSSR count). The zero-order valence-corrected chi connectivity index (χ0v) is 13.7. The molecule has 0 bridgehead atoms. The molecular weight excluding hydrogens is 309 g/mol. The van der Waals surface area contributed by atoms with Gasteiger partial charge in [-0.2, -0.15) is 13.2 Å². The third-order valence-electron chi connectivity index (χ3n) is 3.43. The van der Waals surface area contributed by atoms with E-state index >= 15 is 0 Å². The van der Waals surface area contributed by atoms with Gasteiger partial charge in [0.2, 0.25) is 0 Å². The van der Waals surface area contributed by atoms with E-state index in [1.54, 1.807) is 24.3 Å². The highest BCUT2D eigenvalue weighted by atomic mass is 19.4. The topological polar surface area (TPSA) is 43.4 Å². The molecule has 1 unspecified atom stereocenters. The number of benzene rings is 1. The number of alkyl halides is 3. The number of ether oxygens (including phenoxy) is 1. The average Bonchev–Trinajstić information content (AvgIpc) is 2.42. The molecule has 1 atom stereocenters. The van der Waals surface area contributed by atoms with Gasteiger partial charge in [0, 0.05) is 0 Å². The summed E-state index contributed by atoms with van der Waals surface area (Å²) >= 11 is 0. The van der Waals surface area contributed by atoms with Crippen LogP contribution in [0.1, 0.15) is 38.8 Å². The van der Waals surface area contributed by atoms with Gasteiger partial charge in [0.1, 0.15) is 5.92 Å². The summed E-state index contributed by atoms with van der Waals surface area (Å²) in [6, 6.07) is 6.85. The highest BCUT2D eigenvalue weighted by Gasteiger charge is 2.46. The third kappa shape index (κ3) is 5.37. The number of carbonyl (C=O) groups excluding carboxylic acids is 2. The second kappa shape index (κ2) is 7.15. The second-order valence-corrected chi connectivity index (χ2v) is 6.32. The Balaban J connectivity index is 3.01. The van der Waals surface area contributed by atoms with Gasteiger partial charge in [-0.25, -0.2) is 0 Å². The van der Waals surface area contributed by atoms with Crippen molar-refractivity contribution in [3.05, 3.63) is 35.4 Å². The SMILES string of the molecule is CCOC(=O)C(Cc1ccc(C(C)(C)C)cc1)C(=O)C(F)(F)F. The molecule has 0 heterocycles. The molecule has 0 radical (unpaired) electrons. The van der Waals surface area contributed by atoms with Crippen molar-refractivity contribution < 1.29 is 27.5 Å². The quantitative estimate of drug-likeness (QED) is 0.608. The van der Waals surface area contributed by atoms with Gasteiger partial charge in [0.05, 0.1) is 6.61 Å². The van der Waals surface area contributed by atoms with Gasteiger partial charge in [0.15, 0.2) is 0 Å². The first-order chi connectivity index (χ1) is 10.5. The standard InChI is InChI=1S/C17H21F3O3/c1-5-23-15(22)13(14(21)17(18,19)20)10-11-6-8-12(9-7-11)16(2,3)4/h6-9,13H,5,10H2,1-4H3. The van der Waals surface area contributed by atoms with Gasteiger partial charge in [-0.3, -0.25) is 9.59 Å². The number of rotatable bonds is 5. The zero-order valence-electron chi connectivity index (χ0n) is 13.7. The highest BCUT2D eigenvalue weighted by Crippen LogP contribution is 2.26. The summed E-state index contributed by atoms with van der Waals surface area (Å²) in [5.41, 5.74) is 1.39. The largest absolute Gasteiger partial charge is 0.465 e. The molecule has 0 fully saturated rings. The minimum absolute atomic E-state index is 0.0799. The molecule has 6 heteroatoms. The Bertz CT molecular complexity index is 554. The molecule has 0 aromatic heterocycles. The molecule has 0 amide bonds. The minimum atomic E-state index is -5.07. The van der Waals surface area contributed by atoms with Crippen LogP contribution in [0.4, 0.5) is 13.2 Å². The summed E-state index contributed by atoms with van der Waals surface area (Å²) < 4.78 is 42.6. The lowest BCUT2D eigenvalue weighted by atomic mass is 9.85. The van der Waals surface area contributed by atoms with E-state index in [0.29, 0.717) is 5.56 Å².